The highest BCUT2D eigenvalue weighted by atomic mass is 16.5. The summed E-state index contributed by atoms with van der Waals surface area (Å²) in [7, 11) is 1.35. The number of ether oxygens (including phenoxy) is 1. The Kier molecular flexibility index (Phi) is 4.57. The molecule has 1 N–H and O–H groups in total. The number of nitrogens with one attached hydrogen (secondary N) is 1. The maximum atomic E-state index is 12.5. The number of hydrogen-bond acceptors (Lipinski definition) is 3. The molecular formula is C20H17NO3. The molecule has 0 saturated carbocycles. The van der Waals surface area contributed by atoms with Gasteiger partial charge in [0.15, 0.2) is 0 Å². The van der Waals surface area contributed by atoms with Gasteiger partial charge in [-0.15, -0.1) is 0 Å². The van der Waals surface area contributed by atoms with E-state index >= 15 is 0 Å². The molecule has 0 aliphatic rings. The van der Waals surface area contributed by atoms with Gasteiger partial charge in [0.2, 0.25) is 0 Å². The fourth-order valence-corrected chi connectivity index (χ4v) is 2.58. The van der Waals surface area contributed by atoms with Crippen LogP contribution in [0.3, 0.4) is 0 Å². The van der Waals surface area contributed by atoms with Crippen molar-refractivity contribution in [3.8, 4) is 0 Å². The Morgan fingerprint density at radius 3 is 2.38 bits per heavy atom. The summed E-state index contributed by atoms with van der Waals surface area (Å²) in [5.74, 6) is -0.495. The molecule has 0 fully saturated rings. The third-order valence-electron chi connectivity index (χ3n) is 3.86. The van der Waals surface area contributed by atoms with Crippen molar-refractivity contribution in [1.29, 1.82) is 0 Å². The van der Waals surface area contributed by atoms with Gasteiger partial charge in [-0.1, -0.05) is 48.5 Å². The fraction of sp³-hybridized carbons (Fsp3) is 0.100. The normalized spacial score (nSPS) is 10.4. The van der Waals surface area contributed by atoms with E-state index in [9.17, 15) is 9.59 Å². The van der Waals surface area contributed by atoms with Gasteiger partial charge >= 0.3 is 5.97 Å². The number of rotatable bonds is 4. The third-order valence-corrected chi connectivity index (χ3v) is 3.86. The summed E-state index contributed by atoms with van der Waals surface area (Å²) in [6, 6.07) is 20.4. The number of esters is 1. The molecule has 3 aromatic rings. The van der Waals surface area contributed by atoms with Crippen molar-refractivity contribution in [2.24, 2.45) is 0 Å². The largest absolute Gasteiger partial charge is 0.465 e. The molecule has 4 heteroatoms. The number of amides is 1. The van der Waals surface area contributed by atoms with Crippen molar-refractivity contribution in [3.63, 3.8) is 0 Å². The number of methoxy groups -OCH3 is 1. The molecule has 0 spiro atoms. The molecule has 0 radical (unpaired) electrons. The first-order valence-corrected chi connectivity index (χ1v) is 7.62. The second-order valence-corrected chi connectivity index (χ2v) is 5.40. The second-order valence-electron chi connectivity index (χ2n) is 5.40. The Balaban J connectivity index is 1.72. The molecule has 0 unspecified atom stereocenters. The van der Waals surface area contributed by atoms with Crippen LogP contribution in [0.5, 0.6) is 0 Å². The zero-order valence-electron chi connectivity index (χ0n) is 13.3. The maximum absolute atomic E-state index is 12.5. The summed E-state index contributed by atoms with van der Waals surface area (Å²) in [4.78, 5) is 23.9. The van der Waals surface area contributed by atoms with Crippen LogP contribution in [0.15, 0.2) is 66.7 Å². The minimum absolute atomic E-state index is 0.121. The van der Waals surface area contributed by atoms with Crippen LogP contribution in [0.25, 0.3) is 10.8 Å². The first-order chi connectivity index (χ1) is 11.7. The number of hydrogen-bond donors (Lipinski definition) is 1. The SMILES string of the molecule is COC(=O)c1ccc(CNC(=O)c2cccc3ccccc23)cc1. The van der Waals surface area contributed by atoms with Crippen LogP contribution in [-0.4, -0.2) is 19.0 Å². The Morgan fingerprint density at radius 1 is 0.917 bits per heavy atom. The van der Waals surface area contributed by atoms with E-state index in [1.54, 1.807) is 24.3 Å². The number of fused-ring (bicyclic) bond motifs is 1. The number of benzene rings is 3. The summed E-state index contributed by atoms with van der Waals surface area (Å²) < 4.78 is 4.66. The van der Waals surface area contributed by atoms with E-state index in [-0.39, 0.29) is 11.9 Å². The predicted octanol–water partition coefficient (Wildman–Crippen LogP) is 3.56. The van der Waals surface area contributed by atoms with Gasteiger partial charge in [-0.05, 0) is 34.5 Å². The molecule has 0 aromatic heterocycles. The van der Waals surface area contributed by atoms with Crippen LogP contribution in [-0.2, 0) is 11.3 Å². The molecule has 0 saturated heterocycles. The van der Waals surface area contributed by atoms with Crippen LogP contribution in [0.4, 0.5) is 0 Å². The first-order valence-electron chi connectivity index (χ1n) is 7.62. The number of carbonyl (C=O) groups excluding carboxylic acids is 2. The molecule has 24 heavy (non-hydrogen) atoms. The van der Waals surface area contributed by atoms with Crippen LogP contribution in [0.1, 0.15) is 26.3 Å². The van der Waals surface area contributed by atoms with E-state index in [0.29, 0.717) is 17.7 Å². The van der Waals surface area contributed by atoms with Crippen molar-refractivity contribution in [2.75, 3.05) is 7.11 Å². The van der Waals surface area contributed by atoms with E-state index in [2.05, 4.69) is 10.1 Å². The lowest BCUT2D eigenvalue weighted by Gasteiger charge is -2.08. The highest BCUT2D eigenvalue weighted by Crippen LogP contribution is 2.18. The highest BCUT2D eigenvalue weighted by Gasteiger charge is 2.10. The van der Waals surface area contributed by atoms with Crippen molar-refractivity contribution < 1.29 is 14.3 Å². The van der Waals surface area contributed by atoms with E-state index in [1.165, 1.54) is 7.11 Å². The van der Waals surface area contributed by atoms with Gasteiger partial charge in [0, 0.05) is 12.1 Å². The Morgan fingerprint density at radius 2 is 1.62 bits per heavy atom. The van der Waals surface area contributed by atoms with E-state index in [4.69, 9.17) is 0 Å². The Labute approximate surface area is 140 Å². The molecule has 120 valence electrons. The molecule has 0 atom stereocenters. The highest BCUT2D eigenvalue weighted by molar-refractivity contribution is 6.06. The van der Waals surface area contributed by atoms with Gasteiger partial charge in [0.1, 0.15) is 0 Å². The average Bonchev–Trinajstić information content (AvgIpc) is 2.65. The van der Waals surface area contributed by atoms with Crippen molar-refractivity contribution in [1.82, 2.24) is 5.32 Å². The lowest BCUT2D eigenvalue weighted by atomic mass is 10.0. The minimum atomic E-state index is -0.374. The standard InChI is InChI=1S/C20H17NO3/c1-24-20(23)16-11-9-14(10-12-16)13-21-19(22)18-8-4-6-15-5-2-3-7-17(15)18/h2-12H,13H2,1H3,(H,21,22). The lowest BCUT2D eigenvalue weighted by molar-refractivity contribution is 0.0600. The summed E-state index contributed by atoms with van der Waals surface area (Å²) in [5.41, 5.74) is 2.05. The van der Waals surface area contributed by atoms with Gasteiger partial charge in [0.25, 0.3) is 5.91 Å². The summed E-state index contributed by atoms with van der Waals surface area (Å²) in [6.45, 7) is 0.392. The summed E-state index contributed by atoms with van der Waals surface area (Å²) in [5, 5.41) is 4.88. The van der Waals surface area contributed by atoms with E-state index in [0.717, 1.165) is 16.3 Å². The van der Waals surface area contributed by atoms with Gasteiger partial charge in [-0.2, -0.15) is 0 Å². The Bertz CT molecular complexity index is 880. The minimum Gasteiger partial charge on any atom is -0.465 e. The van der Waals surface area contributed by atoms with E-state index < -0.39 is 0 Å². The molecule has 0 bridgehead atoms. The fourth-order valence-electron chi connectivity index (χ4n) is 2.58. The quantitative estimate of drug-likeness (QED) is 0.748. The van der Waals surface area contributed by atoms with Crippen LogP contribution >= 0.6 is 0 Å². The van der Waals surface area contributed by atoms with E-state index in [1.807, 2.05) is 42.5 Å². The Hall–Kier alpha value is -3.14. The van der Waals surface area contributed by atoms with Crippen LogP contribution < -0.4 is 5.32 Å². The average molecular weight is 319 g/mol. The maximum Gasteiger partial charge on any atom is 0.337 e. The number of carbonyl (C=O) groups is 2. The topological polar surface area (TPSA) is 55.4 Å². The molecule has 0 heterocycles. The molecule has 0 aliphatic heterocycles. The first kappa shape index (κ1) is 15.7. The van der Waals surface area contributed by atoms with Gasteiger partial charge in [-0.3, -0.25) is 4.79 Å². The van der Waals surface area contributed by atoms with Crippen molar-refractivity contribution >= 4 is 22.6 Å². The van der Waals surface area contributed by atoms with Gasteiger partial charge < -0.3 is 10.1 Å². The molecule has 3 rings (SSSR count). The smallest absolute Gasteiger partial charge is 0.337 e. The third kappa shape index (κ3) is 3.27. The molecule has 1 amide bonds. The zero-order chi connectivity index (χ0) is 16.9. The van der Waals surface area contributed by atoms with Gasteiger partial charge in [0.05, 0.1) is 12.7 Å². The van der Waals surface area contributed by atoms with Gasteiger partial charge in [-0.25, -0.2) is 4.79 Å². The molecule has 4 nitrogen and oxygen atoms in total. The summed E-state index contributed by atoms with van der Waals surface area (Å²) >= 11 is 0. The zero-order valence-corrected chi connectivity index (χ0v) is 13.3. The lowest BCUT2D eigenvalue weighted by Crippen LogP contribution is -2.23. The summed E-state index contributed by atoms with van der Waals surface area (Å²) in [6.07, 6.45) is 0. The molecule has 3 aromatic carbocycles. The predicted molar refractivity (Wildman–Crippen MR) is 92.9 cm³/mol. The van der Waals surface area contributed by atoms with Crippen LogP contribution in [0, 0.1) is 0 Å². The van der Waals surface area contributed by atoms with Crippen molar-refractivity contribution in [3.05, 3.63) is 83.4 Å². The molecule has 0 aliphatic carbocycles. The van der Waals surface area contributed by atoms with Crippen molar-refractivity contribution in [2.45, 2.75) is 6.54 Å². The molecular weight excluding hydrogens is 302 g/mol. The monoisotopic (exact) mass is 319 g/mol. The second kappa shape index (κ2) is 6.96. The van der Waals surface area contributed by atoms with Crippen LogP contribution in [0.2, 0.25) is 0 Å².